The highest BCUT2D eigenvalue weighted by atomic mass is 16.3. The monoisotopic (exact) mass is 219 g/mol. The molecule has 0 aliphatic heterocycles. The Balaban J connectivity index is 2.53. The van der Waals surface area contributed by atoms with Crippen molar-refractivity contribution < 1.29 is 5.11 Å². The lowest BCUT2D eigenvalue weighted by Gasteiger charge is -2.26. The second-order valence-electron chi connectivity index (χ2n) is 4.81. The number of aliphatic hydroxyl groups excluding tert-OH is 1. The zero-order chi connectivity index (χ0) is 12.2. The number of anilines is 1. The zero-order valence-corrected chi connectivity index (χ0v) is 9.86. The van der Waals surface area contributed by atoms with E-state index in [0.29, 0.717) is 17.9 Å². The van der Waals surface area contributed by atoms with Gasteiger partial charge in [-0.3, -0.25) is 0 Å². The minimum atomic E-state index is -0.440. The number of aromatic nitrogens is 1. The fourth-order valence-corrected chi connectivity index (χ4v) is 1.07. The average molecular weight is 219 g/mol. The fraction of sp³-hybridized carbons (Fsp3) is 0.500. The van der Waals surface area contributed by atoms with Crippen LogP contribution in [0.5, 0.6) is 0 Å². The van der Waals surface area contributed by atoms with Crippen LogP contribution in [0, 0.1) is 16.7 Å². The van der Waals surface area contributed by atoms with Gasteiger partial charge in [0.25, 0.3) is 0 Å². The van der Waals surface area contributed by atoms with Crippen LogP contribution in [0.4, 0.5) is 5.82 Å². The molecule has 86 valence electrons. The van der Waals surface area contributed by atoms with Gasteiger partial charge in [0.1, 0.15) is 11.9 Å². The van der Waals surface area contributed by atoms with Crippen LogP contribution >= 0.6 is 0 Å². The first-order valence-corrected chi connectivity index (χ1v) is 5.21. The van der Waals surface area contributed by atoms with Crippen molar-refractivity contribution in [3.63, 3.8) is 0 Å². The summed E-state index contributed by atoms with van der Waals surface area (Å²) >= 11 is 0. The van der Waals surface area contributed by atoms with Crippen LogP contribution < -0.4 is 5.32 Å². The third-order valence-corrected chi connectivity index (χ3v) is 2.37. The molecule has 0 saturated heterocycles. The van der Waals surface area contributed by atoms with E-state index in [2.05, 4.69) is 10.3 Å². The molecule has 1 unspecified atom stereocenters. The Labute approximate surface area is 95.9 Å². The van der Waals surface area contributed by atoms with Gasteiger partial charge in [0.15, 0.2) is 0 Å². The van der Waals surface area contributed by atoms with E-state index in [1.807, 2.05) is 26.8 Å². The van der Waals surface area contributed by atoms with Crippen LogP contribution in [0.15, 0.2) is 18.3 Å². The highest BCUT2D eigenvalue weighted by Crippen LogP contribution is 2.19. The number of nitrogens with one attached hydrogen (secondary N) is 1. The second-order valence-corrected chi connectivity index (χ2v) is 4.81. The third kappa shape index (κ3) is 3.52. The lowest BCUT2D eigenvalue weighted by Crippen LogP contribution is -2.33. The van der Waals surface area contributed by atoms with Gasteiger partial charge in [0.05, 0.1) is 11.7 Å². The Morgan fingerprint density at radius 3 is 2.62 bits per heavy atom. The Bertz CT molecular complexity index is 373. The second kappa shape index (κ2) is 4.95. The first kappa shape index (κ1) is 12.5. The summed E-state index contributed by atoms with van der Waals surface area (Å²) in [5, 5.41) is 21.4. The normalized spacial score (nSPS) is 12.9. The SMILES string of the molecule is CC(C)(C)C(O)CNc1ccc(C#N)cn1. The van der Waals surface area contributed by atoms with E-state index < -0.39 is 6.10 Å². The fourth-order valence-electron chi connectivity index (χ4n) is 1.07. The van der Waals surface area contributed by atoms with Crippen molar-refractivity contribution in [3.05, 3.63) is 23.9 Å². The van der Waals surface area contributed by atoms with Gasteiger partial charge < -0.3 is 10.4 Å². The molecule has 0 saturated carbocycles. The maximum atomic E-state index is 9.81. The van der Waals surface area contributed by atoms with Crippen LogP contribution in [0.3, 0.4) is 0 Å². The predicted octanol–water partition coefficient (Wildman–Crippen LogP) is 1.77. The molecule has 2 N–H and O–H groups in total. The van der Waals surface area contributed by atoms with Gasteiger partial charge >= 0.3 is 0 Å². The molecule has 4 heteroatoms. The van der Waals surface area contributed by atoms with Crippen molar-refractivity contribution in [2.75, 3.05) is 11.9 Å². The van der Waals surface area contributed by atoms with Gasteiger partial charge in [-0.05, 0) is 17.5 Å². The molecule has 0 spiro atoms. The number of hydrogen-bond acceptors (Lipinski definition) is 4. The van der Waals surface area contributed by atoms with E-state index in [9.17, 15) is 5.11 Å². The summed E-state index contributed by atoms with van der Waals surface area (Å²) in [6, 6.07) is 5.43. The van der Waals surface area contributed by atoms with Gasteiger partial charge in [-0.15, -0.1) is 0 Å². The standard InChI is InChI=1S/C12H17N3O/c1-12(2,3)10(16)8-15-11-5-4-9(6-13)7-14-11/h4-5,7,10,16H,8H2,1-3H3,(H,14,15). The van der Waals surface area contributed by atoms with E-state index in [0.717, 1.165) is 0 Å². The van der Waals surface area contributed by atoms with Crippen molar-refractivity contribution in [1.29, 1.82) is 5.26 Å². The van der Waals surface area contributed by atoms with E-state index in [-0.39, 0.29) is 5.41 Å². The molecule has 1 atom stereocenters. The Morgan fingerprint density at radius 2 is 2.19 bits per heavy atom. The number of rotatable bonds is 3. The van der Waals surface area contributed by atoms with Gasteiger partial charge in [-0.2, -0.15) is 5.26 Å². The van der Waals surface area contributed by atoms with Crippen molar-refractivity contribution in [3.8, 4) is 6.07 Å². The van der Waals surface area contributed by atoms with Crippen LogP contribution in [0.2, 0.25) is 0 Å². The van der Waals surface area contributed by atoms with Crippen molar-refractivity contribution in [2.45, 2.75) is 26.9 Å². The summed E-state index contributed by atoms with van der Waals surface area (Å²) in [7, 11) is 0. The average Bonchev–Trinajstić information content (AvgIpc) is 2.25. The lowest BCUT2D eigenvalue weighted by atomic mass is 9.89. The van der Waals surface area contributed by atoms with E-state index in [1.165, 1.54) is 6.20 Å². The highest BCUT2D eigenvalue weighted by Gasteiger charge is 2.21. The molecule has 1 aromatic rings. The van der Waals surface area contributed by atoms with Gasteiger partial charge in [0.2, 0.25) is 0 Å². The van der Waals surface area contributed by atoms with Crippen LogP contribution in [0.1, 0.15) is 26.3 Å². The Hall–Kier alpha value is -1.60. The first-order valence-electron chi connectivity index (χ1n) is 5.21. The van der Waals surface area contributed by atoms with Crippen LogP contribution in [-0.2, 0) is 0 Å². The smallest absolute Gasteiger partial charge is 0.126 e. The van der Waals surface area contributed by atoms with Crippen molar-refractivity contribution in [1.82, 2.24) is 4.98 Å². The molecule has 0 fully saturated rings. The minimum Gasteiger partial charge on any atom is -0.391 e. The van der Waals surface area contributed by atoms with Crippen LogP contribution in [-0.4, -0.2) is 22.7 Å². The molecular formula is C12H17N3O. The summed E-state index contributed by atoms with van der Waals surface area (Å²) in [5.41, 5.74) is 0.376. The maximum absolute atomic E-state index is 9.81. The number of nitrogens with zero attached hydrogens (tertiary/aromatic N) is 2. The molecule has 0 amide bonds. The molecule has 1 rings (SSSR count). The number of aliphatic hydroxyl groups is 1. The van der Waals surface area contributed by atoms with Crippen molar-refractivity contribution >= 4 is 5.82 Å². The summed E-state index contributed by atoms with van der Waals surface area (Å²) < 4.78 is 0. The molecule has 0 radical (unpaired) electrons. The number of nitriles is 1. The number of pyridine rings is 1. The lowest BCUT2D eigenvalue weighted by molar-refractivity contribution is 0.0745. The van der Waals surface area contributed by atoms with E-state index in [4.69, 9.17) is 5.26 Å². The summed E-state index contributed by atoms with van der Waals surface area (Å²) in [6.07, 6.45) is 1.07. The van der Waals surface area contributed by atoms with Crippen LogP contribution in [0.25, 0.3) is 0 Å². The van der Waals surface area contributed by atoms with Gasteiger partial charge in [-0.25, -0.2) is 4.98 Å². The highest BCUT2D eigenvalue weighted by molar-refractivity contribution is 5.38. The summed E-state index contributed by atoms with van der Waals surface area (Å²) in [6.45, 7) is 6.38. The van der Waals surface area contributed by atoms with E-state index >= 15 is 0 Å². The van der Waals surface area contributed by atoms with Gasteiger partial charge in [-0.1, -0.05) is 20.8 Å². The maximum Gasteiger partial charge on any atom is 0.126 e. The molecule has 4 nitrogen and oxygen atoms in total. The topological polar surface area (TPSA) is 68.9 Å². The molecule has 0 aliphatic carbocycles. The Morgan fingerprint density at radius 1 is 1.50 bits per heavy atom. The molecule has 0 bridgehead atoms. The Kier molecular flexibility index (Phi) is 3.86. The molecule has 16 heavy (non-hydrogen) atoms. The minimum absolute atomic E-state index is 0.153. The summed E-state index contributed by atoms with van der Waals surface area (Å²) in [4.78, 5) is 4.06. The quantitative estimate of drug-likeness (QED) is 0.813. The molecule has 1 heterocycles. The van der Waals surface area contributed by atoms with Crippen molar-refractivity contribution in [2.24, 2.45) is 5.41 Å². The largest absolute Gasteiger partial charge is 0.391 e. The molecule has 1 aromatic heterocycles. The third-order valence-electron chi connectivity index (χ3n) is 2.37. The molecular weight excluding hydrogens is 202 g/mol. The first-order chi connectivity index (χ1) is 7.43. The molecule has 0 aromatic carbocycles. The number of hydrogen-bond donors (Lipinski definition) is 2. The predicted molar refractivity (Wildman–Crippen MR) is 62.9 cm³/mol. The zero-order valence-electron chi connectivity index (χ0n) is 9.86. The summed E-state index contributed by atoms with van der Waals surface area (Å²) in [5.74, 6) is 0.669. The molecule has 0 aliphatic rings. The van der Waals surface area contributed by atoms with Gasteiger partial charge in [0, 0.05) is 12.7 Å². The van der Waals surface area contributed by atoms with E-state index in [1.54, 1.807) is 12.1 Å².